The molecular formula is C16H17BrO4. The van der Waals surface area contributed by atoms with Crippen LogP contribution in [0.2, 0.25) is 0 Å². The van der Waals surface area contributed by atoms with Gasteiger partial charge in [0.1, 0.15) is 12.7 Å². The third-order valence-corrected chi connectivity index (χ3v) is 3.75. The molecule has 0 saturated carbocycles. The van der Waals surface area contributed by atoms with Gasteiger partial charge in [0.25, 0.3) is 0 Å². The highest BCUT2D eigenvalue weighted by Gasteiger charge is 2.18. The van der Waals surface area contributed by atoms with Gasteiger partial charge >= 0.3 is 0 Å². The predicted octanol–water partition coefficient (Wildman–Crippen LogP) is 2.76. The predicted molar refractivity (Wildman–Crippen MR) is 83.6 cm³/mol. The zero-order chi connectivity index (χ0) is 15.2. The Kier molecular flexibility index (Phi) is 5.61. The topological polar surface area (TPSA) is 69.9 Å². The smallest absolute Gasteiger partial charge is 0.161 e. The van der Waals surface area contributed by atoms with Crippen LogP contribution in [0, 0.1) is 0 Å². The Hall–Kier alpha value is -1.56. The Morgan fingerprint density at radius 3 is 2.43 bits per heavy atom. The van der Waals surface area contributed by atoms with Crippen LogP contribution in [0.1, 0.15) is 17.2 Å². The third kappa shape index (κ3) is 4.20. The summed E-state index contributed by atoms with van der Waals surface area (Å²) < 4.78 is 5.57. The Morgan fingerprint density at radius 1 is 1.05 bits per heavy atom. The first kappa shape index (κ1) is 15.8. The van der Waals surface area contributed by atoms with Gasteiger partial charge in [-0.15, -0.1) is 0 Å². The van der Waals surface area contributed by atoms with E-state index in [0.29, 0.717) is 12.2 Å². The molecule has 21 heavy (non-hydrogen) atoms. The first-order valence-electron chi connectivity index (χ1n) is 6.53. The van der Waals surface area contributed by atoms with Crippen molar-refractivity contribution in [2.24, 2.45) is 0 Å². The van der Waals surface area contributed by atoms with Gasteiger partial charge in [-0.25, -0.2) is 0 Å². The van der Waals surface area contributed by atoms with Gasteiger partial charge in [0.15, 0.2) is 11.5 Å². The molecule has 0 spiro atoms. The maximum absolute atomic E-state index is 9.97. The van der Waals surface area contributed by atoms with Gasteiger partial charge in [-0.2, -0.15) is 0 Å². The van der Waals surface area contributed by atoms with Gasteiger partial charge in [0.2, 0.25) is 0 Å². The van der Waals surface area contributed by atoms with E-state index in [1.54, 1.807) is 6.07 Å². The minimum Gasteiger partial charge on any atom is -0.504 e. The summed E-state index contributed by atoms with van der Waals surface area (Å²) in [7, 11) is 0. The van der Waals surface area contributed by atoms with Crippen molar-refractivity contribution in [1.29, 1.82) is 0 Å². The molecule has 112 valence electrons. The van der Waals surface area contributed by atoms with E-state index in [1.165, 1.54) is 12.1 Å². The number of aliphatic hydroxyl groups excluding tert-OH is 2. The van der Waals surface area contributed by atoms with Gasteiger partial charge < -0.3 is 20.1 Å². The van der Waals surface area contributed by atoms with Crippen molar-refractivity contribution in [3.63, 3.8) is 0 Å². The van der Waals surface area contributed by atoms with Crippen molar-refractivity contribution >= 4 is 15.9 Å². The zero-order valence-electron chi connectivity index (χ0n) is 11.3. The maximum Gasteiger partial charge on any atom is 0.161 e. The monoisotopic (exact) mass is 352 g/mol. The number of hydrogen-bond donors (Lipinski definition) is 3. The van der Waals surface area contributed by atoms with Crippen molar-refractivity contribution in [3.8, 4) is 11.5 Å². The van der Waals surface area contributed by atoms with E-state index in [0.717, 1.165) is 5.56 Å². The lowest BCUT2D eigenvalue weighted by Crippen LogP contribution is -2.19. The number of rotatable bonds is 6. The van der Waals surface area contributed by atoms with Crippen molar-refractivity contribution in [1.82, 2.24) is 0 Å². The van der Waals surface area contributed by atoms with E-state index in [1.807, 2.05) is 30.3 Å². The van der Waals surface area contributed by atoms with Crippen molar-refractivity contribution in [2.45, 2.75) is 18.8 Å². The molecule has 0 aliphatic carbocycles. The van der Waals surface area contributed by atoms with Crippen LogP contribution in [0.4, 0.5) is 0 Å². The molecule has 0 bridgehead atoms. The molecule has 0 amide bonds. The Morgan fingerprint density at radius 2 is 1.76 bits per heavy atom. The standard InChI is InChI=1S/C16H17BrO4/c17-9-14(19)16(20)12-6-7-13(18)15(8-12)21-10-11-4-2-1-3-5-11/h1-8,14,16,18-20H,9-10H2. The van der Waals surface area contributed by atoms with E-state index in [4.69, 9.17) is 4.74 Å². The number of aliphatic hydroxyl groups is 2. The number of hydrogen-bond acceptors (Lipinski definition) is 4. The summed E-state index contributed by atoms with van der Waals surface area (Å²) in [4.78, 5) is 0. The second-order valence-electron chi connectivity index (χ2n) is 4.67. The number of halogens is 1. The third-order valence-electron chi connectivity index (χ3n) is 3.09. The second kappa shape index (κ2) is 7.45. The van der Waals surface area contributed by atoms with Crippen molar-refractivity contribution in [2.75, 3.05) is 5.33 Å². The van der Waals surface area contributed by atoms with Crippen LogP contribution in [-0.2, 0) is 6.61 Å². The van der Waals surface area contributed by atoms with E-state index in [-0.39, 0.29) is 16.8 Å². The summed E-state index contributed by atoms with van der Waals surface area (Å²) in [5.41, 5.74) is 1.46. The fraction of sp³-hybridized carbons (Fsp3) is 0.250. The molecule has 2 aromatic carbocycles. The molecule has 3 N–H and O–H groups in total. The molecule has 0 aromatic heterocycles. The molecule has 2 unspecified atom stereocenters. The van der Waals surface area contributed by atoms with Crippen molar-refractivity contribution < 1.29 is 20.1 Å². The average Bonchev–Trinajstić information content (AvgIpc) is 2.53. The Labute approximate surface area is 131 Å². The summed E-state index contributed by atoms with van der Waals surface area (Å²) in [6.07, 6.45) is -1.96. The number of aromatic hydroxyl groups is 1. The summed E-state index contributed by atoms with van der Waals surface area (Å²) in [6.45, 7) is 0.314. The SMILES string of the molecule is Oc1ccc(C(O)C(O)CBr)cc1OCc1ccccc1. The Bertz CT molecular complexity index is 574. The van der Waals surface area contributed by atoms with Gasteiger partial charge in [0.05, 0.1) is 6.10 Å². The van der Waals surface area contributed by atoms with Crippen LogP contribution >= 0.6 is 15.9 Å². The summed E-state index contributed by atoms with van der Waals surface area (Å²) >= 11 is 3.12. The molecule has 0 aliphatic rings. The fourth-order valence-electron chi connectivity index (χ4n) is 1.87. The quantitative estimate of drug-likeness (QED) is 0.699. The minimum atomic E-state index is -1.04. The van der Waals surface area contributed by atoms with Crippen LogP contribution in [0.15, 0.2) is 48.5 Å². The number of ether oxygens (including phenoxy) is 1. The first-order chi connectivity index (χ1) is 10.1. The molecule has 0 heterocycles. The van der Waals surface area contributed by atoms with Crippen molar-refractivity contribution in [3.05, 3.63) is 59.7 Å². The highest BCUT2D eigenvalue weighted by molar-refractivity contribution is 9.09. The lowest BCUT2D eigenvalue weighted by atomic mass is 10.0. The zero-order valence-corrected chi connectivity index (χ0v) is 12.9. The number of phenols is 1. The van der Waals surface area contributed by atoms with Crippen LogP contribution < -0.4 is 4.74 Å². The number of benzene rings is 2. The largest absolute Gasteiger partial charge is 0.504 e. The molecule has 2 rings (SSSR count). The van der Waals surface area contributed by atoms with Crippen LogP contribution in [-0.4, -0.2) is 26.8 Å². The molecule has 0 radical (unpaired) electrons. The molecule has 2 aromatic rings. The van der Waals surface area contributed by atoms with Crippen LogP contribution in [0.25, 0.3) is 0 Å². The lowest BCUT2D eigenvalue weighted by molar-refractivity contribution is 0.0340. The van der Waals surface area contributed by atoms with Gasteiger partial charge in [-0.1, -0.05) is 52.3 Å². The van der Waals surface area contributed by atoms with E-state index in [2.05, 4.69) is 15.9 Å². The molecule has 0 aliphatic heterocycles. The first-order valence-corrected chi connectivity index (χ1v) is 7.65. The fourth-order valence-corrected chi connectivity index (χ4v) is 2.23. The summed E-state index contributed by atoms with van der Waals surface area (Å²) in [6, 6.07) is 14.1. The molecule has 2 atom stereocenters. The molecule has 5 heteroatoms. The number of alkyl halides is 1. The highest BCUT2D eigenvalue weighted by atomic mass is 79.9. The highest BCUT2D eigenvalue weighted by Crippen LogP contribution is 2.31. The van der Waals surface area contributed by atoms with Gasteiger partial charge in [-0.05, 0) is 23.3 Å². The lowest BCUT2D eigenvalue weighted by Gasteiger charge is -2.17. The van der Waals surface area contributed by atoms with E-state index in [9.17, 15) is 15.3 Å². The van der Waals surface area contributed by atoms with E-state index >= 15 is 0 Å². The molecule has 4 nitrogen and oxygen atoms in total. The van der Waals surface area contributed by atoms with E-state index < -0.39 is 12.2 Å². The molecular weight excluding hydrogens is 336 g/mol. The number of phenolic OH excluding ortho intramolecular Hbond substituents is 1. The Balaban J connectivity index is 2.12. The minimum absolute atomic E-state index is 0.00443. The average molecular weight is 353 g/mol. The van der Waals surface area contributed by atoms with Gasteiger partial charge in [0, 0.05) is 5.33 Å². The van der Waals surface area contributed by atoms with Crippen LogP contribution in [0.3, 0.4) is 0 Å². The molecule has 0 saturated heterocycles. The van der Waals surface area contributed by atoms with Crippen LogP contribution in [0.5, 0.6) is 11.5 Å². The second-order valence-corrected chi connectivity index (χ2v) is 5.32. The summed E-state index contributed by atoms with van der Waals surface area (Å²) in [5, 5.41) is 29.7. The normalized spacial score (nSPS) is 13.7. The molecule has 0 fully saturated rings. The maximum atomic E-state index is 9.97. The summed E-state index contributed by atoms with van der Waals surface area (Å²) in [5.74, 6) is 0.271. The van der Waals surface area contributed by atoms with Gasteiger partial charge in [-0.3, -0.25) is 0 Å².